The number of rotatable bonds is 4. The SMILES string of the molecule is CC(=O)OC1CC2(C)C(CCC3(C)C2CC=C2C4C(C(=O)OCC5OC(O)C(O)C(O)C5O)(CCC(C)C4(C)O)CCC23C)C(C)(C)C1O. The number of allylic oxidation sites excluding steroid dienone is 1. The van der Waals surface area contributed by atoms with Gasteiger partial charge in [-0.25, -0.2) is 0 Å². The van der Waals surface area contributed by atoms with Gasteiger partial charge in [0.2, 0.25) is 0 Å². The fourth-order valence-electron chi connectivity index (χ4n) is 12.6. The van der Waals surface area contributed by atoms with Gasteiger partial charge in [-0.2, -0.15) is 0 Å². The van der Waals surface area contributed by atoms with Crippen molar-refractivity contribution in [3.8, 4) is 0 Å². The van der Waals surface area contributed by atoms with E-state index in [2.05, 4.69) is 40.7 Å². The van der Waals surface area contributed by atoms with Crippen molar-refractivity contribution in [2.24, 2.45) is 50.7 Å². The molecule has 5 fully saturated rings. The third-order valence-corrected chi connectivity index (χ3v) is 15.8. The van der Waals surface area contributed by atoms with Crippen LogP contribution in [0, 0.1) is 50.7 Å². The Labute approximate surface area is 290 Å². The molecule has 0 aromatic heterocycles. The minimum atomic E-state index is -1.74. The number of carbonyl (C=O) groups is 2. The lowest BCUT2D eigenvalue weighted by molar-refractivity contribution is -0.288. The van der Waals surface area contributed by atoms with E-state index in [1.807, 2.05) is 13.8 Å². The first-order chi connectivity index (χ1) is 22.6. The van der Waals surface area contributed by atoms with E-state index < -0.39 is 83.8 Å². The standard InChI is InChI=1S/C38H60O11/c1-19-11-14-38(32(45)47-18-23-26(40)27(41)28(42)31(44)49-23)16-15-35(6)21(29(38)37(19,8)46)9-10-25-34(5)17-22(48-20(2)39)30(43)33(3,4)24(34)12-13-36(25,35)7/h9,19,22-31,40-44,46H,10-18H2,1-8H3. The smallest absolute Gasteiger partial charge is 0.312 e. The van der Waals surface area contributed by atoms with E-state index in [1.54, 1.807) is 0 Å². The number of hydrogen-bond acceptors (Lipinski definition) is 11. The zero-order valence-corrected chi connectivity index (χ0v) is 30.5. The average Bonchev–Trinajstić information content (AvgIpc) is 3.01. The van der Waals surface area contributed by atoms with Crippen LogP contribution in [0.1, 0.15) is 107 Å². The van der Waals surface area contributed by atoms with Crippen LogP contribution < -0.4 is 0 Å². The first kappa shape index (κ1) is 37.2. The molecule has 0 spiro atoms. The summed E-state index contributed by atoms with van der Waals surface area (Å²) >= 11 is 0. The highest BCUT2D eigenvalue weighted by molar-refractivity contribution is 5.79. The normalized spacial score (nSPS) is 53.5. The highest BCUT2D eigenvalue weighted by Crippen LogP contribution is 2.76. The van der Waals surface area contributed by atoms with Gasteiger partial charge in [-0.3, -0.25) is 9.59 Å². The van der Waals surface area contributed by atoms with Gasteiger partial charge in [0.05, 0.1) is 17.1 Å². The summed E-state index contributed by atoms with van der Waals surface area (Å²) in [6.07, 6.45) is -1.46. The van der Waals surface area contributed by atoms with Crippen LogP contribution >= 0.6 is 0 Å². The lowest BCUT2D eigenvalue weighted by atomic mass is 9.33. The Morgan fingerprint density at radius 1 is 0.898 bits per heavy atom. The molecule has 1 aliphatic heterocycles. The molecular formula is C38H60O11. The molecule has 6 aliphatic rings. The van der Waals surface area contributed by atoms with Crippen LogP contribution in [0.4, 0.5) is 0 Å². The van der Waals surface area contributed by atoms with Gasteiger partial charge < -0.3 is 44.8 Å². The van der Waals surface area contributed by atoms with Crippen molar-refractivity contribution in [2.45, 2.75) is 155 Å². The summed E-state index contributed by atoms with van der Waals surface area (Å²) in [4.78, 5) is 26.6. The minimum Gasteiger partial charge on any atom is -0.462 e. The summed E-state index contributed by atoms with van der Waals surface area (Å²) in [7, 11) is 0. The van der Waals surface area contributed by atoms with Gasteiger partial charge in [-0.05, 0) is 97.7 Å². The molecule has 0 bridgehead atoms. The van der Waals surface area contributed by atoms with Crippen molar-refractivity contribution in [3.63, 3.8) is 0 Å². The predicted octanol–water partition coefficient (Wildman–Crippen LogP) is 3.00. The molecule has 4 saturated carbocycles. The van der Waals surface area contributed by atoms with Crippen LogP contribution in [-0.2, 0) is 23.8 Å². The fraction of sp³-hybridized carbons (Fsp3) is 0.895. The summed E-state index contributed by atoms with van der Waals surface area (Å²) in [5, 5.41) is 64.5. The van der Waals surface area contributed by atoms with Gasteiger partial charge in [-0.15, -0.1) is 0 Å². The molecule has 11 heteroatoms. The number of hydrogen-bond donors (Lipinski definition) is 6. The van der Waals surface area contributed by atoms with Crippen LogP contribution in [0.25, 0.3) is 0 Å². The molecule has 278 valence electrons. The number of ether oxygens (including phenoxy) is 3. The van der Waals surface area contributed by atoms with Crippen LogP contribution in [0.5, 0.6) is 0 Å². The monoisotopic (exact) mass is 692 g/mol. The van der Waals surface area contributed by atoms with E-state index >= 15 is 0 Å². The molecule has 16 unspecified atom stereocenters. The minimum absolute atomic E-state index is 0.0825. The van der Waals surface area contributed by atoms with E-state index in [-0.39, 0.29) is 34.0 Å². The van der Waals surface area contributed by atoms with Crippen LogP contribution in [0.15, 0.2) is 11.6 Å². The molecular weight excluding hydrogens is 632 g/mol. The first-order valence-electron chi connectivity index (χ1n) is 18.4. The molecule has 1 heterocycles. The molecule has 0 aromatic carbocycles. The van der Waals surface area contributed by atoms with E-state index in [1.165, 1.54) is 6.92 Å². The van der Waals surface area contributed by atoms with Crippen molar-refractivity contribution in [1.29, 1.82) is 0 Å². The molecule has 16 atom stereocenters. The van der Waals surface area contributed by atoms with Crippen molar-refractivity contribution >= 4 is 11.9 Å². The van der Waals surface area contributed by atoms with E-state index in [0.717, 1.165) is 24.8 Å². The van der Waals surface area contributed by atoms with Gasteiger partial charge in [0.15, 0.2) is 6.29 Å². The van der Waals surface area contributed by atoms with E-state index in [0.29, 0.717) is 32.1 Å². The summed E-state index contributed by atoms with van der Waals surface area (Å²) in [5.41, 5.74) is -2.41. The van der Waals surface area contributed by atoms with Crippen LogP contribution in [0.3, 0.4) is 0 Å². The van der Waals surface area contributed by atoms with Crippen molar-refractivity contribution in [1.82, 2.24) is 0 Å². The van der Waals surface area contributed by atoms with Crippen molar-refractivity contribution in [2.75, 3.05) is 6.61 Å². The number of esters is 2. The maximum Gasteiger partial charge on any atom is 0.312 e. The fourth-order valence-corrected chi connectivity index (χ4v) is 12.6. The third kappa shape index (κ3) is 5.14. The quantitative estimate of drug-likeness (QED) is 0.188. The van der Waals surface area contributed by atoms with Crippen molar-refractivity contribution < 1.29 is 54.4 Å². The predicted molar refractivity (Wildman–Crippen MR) is 177 cm³/mol. The van der Waals surface area contributed by atoms with Crippen molar-refractivity contribution in [3.05, 3.63) is 11.6 Å². The highest BCUT2D eigenvalue weighted by Gasteiger charge is 2.72. The Balaban J connectivity index is 1.36. The molecule has 1 saturated heterocycles. The molecule has 6 rings (SSSR count). The second kappa shape index (κ2) is 12.0. The molecule has 6 N–H and O–H groups in total. The summed E-state index contributed by atoms with van der Waals surface area (Å²) in [6, 6.07) is 0. The second-order valence-corrected chi connectivity index (χ2v) is 18.3. The van der Waals surface area contributed by atoms with Crippen LogP contribution in [-0.4, -0.2) is 97.7 Å². The Morgan fingerprint density at radius 2 is 1.57 bits per heavy atom. The largest absolute Gasteiger partial charge is 0.462 e. The van der Waals surface area contributed by atoms with Gasteiger partial charge in [-0.1, -0.05) is 53.2 Å². The summed E-state index contributed by atoms with van der Waals surface area (Å²) in [5.74, 6) is -1.07. The molecule has 49 heavy (non-hydrogen) atoms. The van der Waals surface area contributed by atoms with Gasteiger partial charge in [0.25, 0.3) is 0 Å². The maximum atomic E-state index is 14.4. The summed E-state index contributed by atoms with van der Waals surface area (Å²) in [6.45, 7) is 16.1. The number of aliphatic hydroxyl groups is 6. The zero-order chi connectivity index (χ0) is 36.3. The molecule has 0 amide bonds. The van der Waals surface area contributed by atoms with E-state index in [9.17, 15) is 40.2 Å². The van der Waals surface area contributed by atoms with Gasteiger partial charge in [0, 0.05) is 12.8 Å². The molecule has 11 nitrogen and oxygen atoms in total. The molecule has 0 aromatic rings. The Morgan fingerprint density at radius 3 is 2.22 bits per heavy atom. The number of aliphatic hydroxyl groups excluding tert-OH is 5. The van der Waals surface area contributed by atoms with Crippen LogP contribution in [0.2, 0.25) is 0 Å². The topological polar surface area (TPSA) is 183 Å². The third-order valence-electron chi connectivity index (χ3n) is 15.8. The number of fused-ring (bicyclic) bond motifs is 7. The Hall–Kier alpha value is -1.60. The van der Waals surface area contributed by atoms with Gasteiger partial charge in [0.1, 0.15) is 37.1 Å². The lowest BCUT2D eigenvalue weighted by Gasteiger charge is -2.72. The Bertz CT molecular complexity index is 1360. The van der Waals surface area contributed by atoms with Gasteiger partial charge >= 0.3 is 11.9 Å². The maximum absolute atomic E-state index is 14.4. The Kier molecular flexibility index (Phi) is 9.08. The second-order valence-electron chi connectivity index (χ2n) is 18.3. The highest BCUT2D eigenvalue weighted by atomic mass is 16.7. The first-order valence-corrected chi connectivity index (χ1v) is 18.4. The zero-order valence-electron chi connectivity index (χ0n) is 30.5. The molecule has 0 radical (unpaired) electrons. The number of carbonyl (C=O) groups excluding carboxylic acids is 2. The average molecular weight is 693 g/mol. The molecule has 5 aliphatic carbocycles. The summed E-state index contributed by atoms with van der Waals surface area (Å²) < 4.78 is 17.0. The van der Waals surface area contributed by atoms with E-state index in [4.69, 9.17) is 14.2 Å². The lowest BCUT2D eigenvalue weighted by Crippen LogP contribution is -2.69.